The first kappa shape index (κ1) is 18.6. The molecule has 0 radical (unpaired) electrons. The molecule has 0 saturated carbocycles. The summed E-state index contributed by atoms with van der Waals surface area (Å²) in [5, 5.41) is 15.9. The zero-order valence-electron chi connectivity index (χ0n) is 16.5. The van der Waals surface area contributed by atoms with E-state index in [2.05, 4.69) is 20.6 Å². The summed E-state index contributed by atoms with van der Waals surface area (Å²) in [6.45, 7) is 4.17. The maximum absolute atomic E-state index is 12.5. The molecule has 0 saturated heterocycles. The summed E-state index contributed by atoms with van der Waals surface area (Å²) in [5.41, 5.74) is 5.08. The van der Waals surface area contributed by atoms with Gasteiger partial charge in [0.05, 0.1) is 19.3 Å². The van der Waals surface area contributed by atoms with Gasteiger partial charge < -0.3 is 10.1 Å². The van der Waals surface area contributed by atoms with Crippen LogP contribution in [0.2, 0.25) is 0 Å². The van der Waals surface area contributed by atoms with Crippen molar-refractivity contribution >= 4 is 11.6 Å². The second-order valence-corrected chi connectivity index (χ2v) is 6.89. The summed E-state index contributed by atoms with van der Waals surface area (Å²) in [6, 6.07) is 17.2. The minimum atomic E-state index is -0.153. The highest BCUT2D eigenvalue weighted by Crippen LogP contribution is 2.21. The van der Waals surface area contributed by atoms with Crippen LogP contribution in [0.3, 0.4) is 0 Å². The Kier molecular flexibility index (Phi) is 4.95. The molecule has 2 heterocycles. The maximum atomic E-state index is 12.5. The quantitative estimate of drug-likeness (QED) is 0.568. The molecule has 29 heavy (non-hydrogen) atoms. The molecule has 2 aromatic heterocycles. The van der Waals surface area contributed by atoms with Crippen molar-refractivity contribution in [3.8, 4) is 17.0 Å². The maximum Gasteiger partial charge on any atom is 0.251 e. The molecule has 1 N–H and O–H groups in total. The molecule has 0 atom stereocenters. The van der Waals surface area contributed by atoms with Crippen LogP contribution in [0.5, 0.6) is 5.75 Å². The molecule has 1 amide bonds. The van der Waals surface area contributed by atoms with Crippen molar-refractivity contribution in [1.29, 1.82) is 0 Å². The number of nitrogens with one attached hydrogen (secondary N) is 1. The number of nitrogens with zero attached hydrogens (tertiary/aromatic N) is 4. The average molecular weight is 387 g/mol. The van der Waals surface area contributed by atoms with E-state index in [0.717, 1.165) is 28.1 Å². The smallest absolute Gasteiger partial charge is 0.251 e. The Hall–Kier alpha value is -3.74. The molecule has 0 fully saturated rings. The number of aromatic nitrogens is 4. The molecule has 2 aromatic carbocycles. The number of carbonyl (C=O) groups excluding carboxylic acids is 1. The SMILES string of the molecule is COc1ccc(-c2ccc3nnc(CNC(=O)c4cc(C)cc(C)c4)n3n2)cc1. The highest BCUT2D eigenvalue weighted by Gasteiger charge is 2.12. The minimum absolute atomic E-state index is 0.153. The molecule has 0 aliphatic rings. The van der Waals surface area contributed by atoms with Crippen molar-refractivity contribution in [2.45, 2.75) is 20.4 Å². The first-order chi connectivity index (χ1) is 14.0. The van der Waals surface area contributed by atoms with Gasteiger partial charge in [-0.2, -0.15) is 9.61 Å². The summed E-state index contributed by atoms with van der Waals surface area (Å²) < 4.78 is 6.86. The molecule has 4 rings (SSSR count). The Morgan fingerprint density at radius 3 is 2.41 bits per heavy atom. The van der Waals surface area contributed by atoms with Gasteiger partial charge in [-0.3, -0.25) is 4.79 Å². The van der Waals surface area contributed by atoms with E-state index in [0.29, 0.717) is 17.0 Å². The van der Waals surface area contributed by atoms with E-state index in [9.17, 15) is 4.79 Å². The van der Waals surface area contributed by atoms with Gasteiger partial charge in [0, 0.05) is 11.1 Å². The van der Waals surface area contributed by atoms with E-state index in [1.54, 1.807) is 11.6 Å². The zero-order chi connectivity index (χ0) is 20.4. The van der Waals surface area contributed by atoms with Crippen LogP contribution < -0.4 is 10.1 Å². The van der Waals surface area contributed by atoms with Crippen molar-refractivity contribution in [3.05, 3.63) is 77.1 Å². The number of hydrogen-bond acceptors (Lipinski definition) is 5. The molecule has 0 aliphatic carbocycles. The van der Waals surface area contributed by atoms with Crippen LogP contribution in [0.4, 0.5) is 0 Å². The molecule has 0 unspecified atom stereocenters. The zero-order valence-corrected chi connectivity index (χ0v) is 16.5. The summed E-state index contributed by atoms with van der Waals surface area (Å²) in [6.07, 6.45) is 0. The molecule has 0 aliphatic heterocycles. The molecule has 0 bridgehead atoms. The highest BCUT2D eigenvalue weighted by molar-refractivity contribution is 5.94. The molecular formula is C22H21N5O2. The highest BCUT2D eigenvalue weighted by atomic mass is 16.5. The normalized spacial score (nSPS) is 10.9. The lowest BCUT2D eigenvalue weighted by Crippen LogP contribution is -2.24. The third kappa shape index (κ3) is 3.94. The Balaban J connectivity index is 1.56. The van der Waals surface area contributed by atoms with E-state index in [4.69, 9.17) is 4.74 Å². The second kappa shape index (κ2) is 7.71. The number of rotatable bonds is 5. The second-order valence-electron chi connectivity index (χ2n) is 6.89. The Bertz CT molecular complexity index is 1160. The number of amides is 1. The lowest BCUT2D eigenvalue weighted by Gasteiger charge is -2.07. The van der Waals surface area contributed by atoms with E-state index in [1.165, 1.54) is 0 Å². The molecule has 4 aromatic rings. The summed E-state index contributed by atoms with van der Waals surface area (Å²) in [4.78, 5) is 12.5. The molecule has 0 spiro atoms. The van der Waals surface area contributed by atoms with Gasteiger partial charge in [0.2, 0.25) is 0 Å². The molecular weight excluding hydrogens is 366 g/mol. The van der Waals surface area contributed by atoms with E-state index < -0.39 is 0 Å². The minimum Gasteiger partial charge on any atom is -0.497 e. The van der Waals surface area contributed by atoms with Crippen LogP contribution in [-0.2, 0) is 6.54 Å². The van der Waals surface area contributed by atoms with Gasteiger partial charge >= 0.3 is 0 Å². The number of ether oxygens (including phenoxy) is 1. The van der Waals surface area contributed by atoms with E-state index in [-0.39, 0.29) is 12.5 Å². The fourth-order valence-electron chi connectivity index (χ4n) is 3.23. The molecule has 7 heteroatoms. The number of aryl methyl sites for hydroxylation is 2. The first-order valence-corrected chi connectivity index (χ1v) is 9.26. The first-order valence-electron chi connectivity index (χ1n) is 9.26. The van der Waals surface area contributed by atoms with Crippen molar-refractivity contribution in [2.24, 2.45) is 0 Å². The van der Waals surface area contributed by atoms with Crippen molar-refractivity contribution < 1.29 is 9.53 Å². The number of hydrogen-bond donors (Lipinski definition) is 1. The van der Waals surface area contributed by atoms with Crippen LogP contribution in [0.15, 0.2) is 54.6 Å². The van der Waals surface area contributed by atoms with Crippen molar-refractivity contribution in [1.82, 2.24) is 25.1 Å². The average Bonchev–Trinajstić information content (AvgIpc) is 3.13. The Morgan fingerprint density at radius 2 is 1.72 bits per heavy atom. The van der Waals surface area contributed by atoms with Gasteiger partial charge in [0.15, 0.2) is 11.5 Å². The van der Waals surface area contributed by atoms with Gasteiger partial charge in [-0.25, -0.2) is 0 Å². The van der Waals surface area contributed by atoms with Gasteiger partial charge in [0.25, 0.3) is 5.91 Å². The predicted molar refractivity (Wildman–Crippen MR) is 110 cm³/mol. The van der Waals surface area contributed by atoms with Gasteiger partial charge in [-0.05, 0) is 62.4 Å². The summed E-state index contributed by atoms with van der Waals surface area (Å²) >= 11 is 0. The lowest BCUT2D eigenvalue weighted by molar-refractivity contribution is 0.0949. The van der Waals surface area contributed by atoms with Gasteiger partial charge in [0.1, 0.15) is 5.75 Å². The van der Waals surface area contributed by atoms with E-state index >= 15 is 0 Å². The fourth-order valence-corrected chi connectivity index (χ4v) is 3.23. The predicted octanol–water partition coefficient (Wildman–Crippen LogP) is 3.35. The van der Waals surface area contributed by atoms with Crippen LogP contribution in [0.25, 0.3) is 16.9 Å². The van der Waals surface area contributed by atoms with Crippen LogP contribution >= 0.6 is 0 Å². The number of methoxy groups -OCH3 is 1. The van der Waals surface area contributed by atoms with Crippen LogP contribution in [0.1, 0.15) is 27.3 Å². The molecule has 7 nitrogen and oxygen atoms in total. The number of fused-ring (bicyclic) bond motifs is 1. The number of carbonyl (C=O) groups is 1. The fraction of sp³-hybridized carbons (Fsp3) is 0.182. The monoisotopic (exact) mass is 387 g/mol. The van der Waals surface area contributed by atoms with Gasteiger partial charge in [-0.1, -0.05) is 17.2 Å². The third-order valence-electron chi connectivity index (χ3n) is 4.60. The topological polar surface area (TPSA) is 81.4 Å². The summed E-state index contributed by atoms with van der Waals surface area (Å²) in [7, 11) is 1.63. The van der Waals surface area contributed by atoms with Crippen LogP contribution in [0, 0.1) is 13.8 Å². The Morgan fingerprint density at radius 1 is 1.00 bits per heavy atom. The van der Waals surface area contributed by atoms with E-state index in [1.807, 2.05) is 68.4 Å². The number of benzene rings is 2. The Labute approximate surface area is 168 Å². The largest absolute Gasteiger partial charge is 0.497 e. The molecule has 146 valence electrons. The summed E-state index contributed by atoms with van der Waals surface area (Å²) in [5.74, 6) is 1.20. The van der Waals surface area contributed by atoms with Crippen molar-refractivity contribution in [3.63, 3.8) is 0 Å². The van der Waals surface area contributed by atoms with Gasteiger partial charge in [-0.15, -0.1) is 10.2 Å². The standard InChI is InChI=1S/C22H21N5O2/c1-14-10-15(2)12-17(11-14)22(28)23-13-21-25-24-20-9-8-19(26-27(20)21)16-4-6-18(29-3)7-5-16/h4-12H,13H2,1-3H3,(H,23,28). The van der Waals surface area contributed by atoms with Crippen LogP contribution in [-0.4, -0.2) is 32.8 Å². The third-order valence-corrected chi connectivity index (χ3v) is 4.60. The lowest BCUT2D eigenvalue weighted by atomic mass is 10.1. The van der Waals surface area contributed by atoms with Crippen molar-refractivity contribution in [2.75, 3.05) is 7.11 Å².